The average Bonchev–Trinajstić information content (AvgIpc) is 2.75. The lowest BCUT2D eigenvalue weighted by molar-refractivity contribution is 0.563. The Kier molecular flexibility index (Phi) is 4.15. The first-order valence-electron chi connectivity index (χ1n) is 6.43. The lowest BCUT2D eigenvalue weighted by Crippen LogP contribution is -2.22. The van der Waals surface area contributed by atoms with Gasteiger partial charge in [0.2, 0.25) is 0 Å². The van der Waals surface area contributed by atoms with Crippen LogP contribution in [-0.4, -0.2) is 16.1 Å². The molecular formula is C15H21N3. The van der Waals surface area contributed by atoms with Crippen LogP contribution in [0.4, 0.5) is 0 Å². The van der Waals surface area contributed by atoms with E-state index in [1.54, 1.807) is 0 Å². The van der Waals surface area contributed by atoms with Gasteiger partial charge >= 0.3 is 0 Å². The molecule has 0 aliphatic carbocycles. The van der Waals surface area contributed by atoms with E-state index in [2.05, 4.69) is 53.0 Å². The summed E-state index contributed by atoms with van der Waals surface area (Å²) in [6.45, 7) is 5.31. The molecule has 1 heterocycles. The van der Waals surface area contributed by atoms with Crippen LogP contribution in [0.5, 0.6) is 0 Å². The number of nitrogens with one attached hydrogen (secondary N) is 1. The molecule has 96 valence electrons. The van der Waals surface area contributed by atoms with Gasteiger partial charge in [0.15, 0.2) is 0 Å². The molecule has 0 amide bonds. The Labute approximate surface area is 109 Å². The molecule has 18 heavy (non-hydrogen) atoms. The van der Waals surface area contributed by atoms with Gasteiger partial charge in [-0.1, -0.05) is 24.3 Å². The zero-order valence-electron chi connectivity index (χ0n) is 11.4. The third-order valence-corrected chi connectivity index (χ3v) is 3.38. The number of hydrogen-bond acceptors (Lipinski definition) is 2. The van der Waals surface area contributed by atoms with Crippen LogP contribution in [0.1, 0.15) is 29.9 Å². The lowest BCUT2D eigenvalue weighted by Gasteiger charge is -2.16. The number of aryl methyl sites for hydroxylation is 2. The molecule has 0 saturated carbocycles. The molecule has 3 heteroatoms. The summed E-state index contributed by atoms with van der Waals surface area (Å²) in [4.78, 5) is 4.33. The number of nitrogens with zero attached hydrogens (tertiary/aromatic N) is 2. The predicted molar refractivity (Wildman–Crippen MR) is 74.5 cm³/mol. The molecule has 0 aliphatic rings. The van der Waals surface area contributed by atoms with Crippen LogP contribution in [0.25, 0.3) is 0 Å². The maximum atomic E-state index is 4.33. The van der Waals surface area contributed by atoms with Gasteiger partial charge in [-0.15, -0.1) is 0 Å². The molecule has 2 aromatic rings. The second-order valence-corrected chi connectivity index (χ2v) is 4.74. The Morgan fingerprint density at radius 2 is 2.11 bits per heavy atom. The molecule has 1 N–H and O–H groups in total. The van der Waals surface area contributed by atoms with Crippen molar-refractivity contribution in [1.82, 2.24) is 14.9 Å². The van der Waals surface area contributed by atoms with Crippen LogP contribution in [0.3, 0.4) is 0 Å². The number of hydrogen-bond donors (Lipinski definition) is 1. The number of imidazole rings is 1. The van der Waals surface area contributed by atoms with Crippen molar-refractivity contribution >= 4 is 0 Å². The van der Waals surface area contributed by atoms with Crippen molar-refractivity contribution < 1.29 is 0 Å². The lowest BCUT2D eigenvalue weighted by atomic mass is 10.0. The summed E-state index contributed by atoms with van der Waals surface area (Å²) in [7, 11) is 2.03. The van der Waals surface area contributed by atoms with Crippen LogP contribution < -0.4 is 5.32 Å². The largest absolute Gasteiger partial charge is 0.338 e. The third-order valence-electron chi connectivity index (χ3n) is 3.38. The molecular weight excluding hydrogens is 222 g/mol. The first-order valence-corrected chi connectivity index (χ1v) is 6.43. The fourth-order valence-electron chi connectivity index (χ4n) is 2.22. The van der Waals surface area contributed by atoms with E-state index >= 15 is 0 Å². The third kappa shape index (κ3) is 2.99. The van der Waals surface area contributed by atoms with Crippen LogP contribution in [-0.2, 0) is 13.5 Å². The van der Waals surface area contributed by atoms with E-state index in [-0.39, 0.29) is 0 Å². The van der Waals surface area contributed by atoms with E-state index in [1.165, 1.54) is 11.1 Å². The van der Waals surface area contributed by atoms with Gasteiger partial charge in [-0.05, 0) is 25.0 Å². The van der Waals surface area contributed by atoms with E-state index in [9.17, 15) is 0 Å². The van der Waals surface area contributed by atoms with Crippen LogP contribution in [0, 0.1) is 6.92 Å². The Balaban J connectivity index is 1.87. The Morgan fingerprint density at radius 3 is 2.78 bits per heavy atom. The van der Waals surface area contributed by atoms with Crippen molar-refractivity contribution in [3.63, 3.8) is 0 Å². The summed E-state index contributed by atoms with van der Waals surface area (Å²) in [5.74, 6) is 1.12. The van der Waals surface area contributed by atoms with E-state index in [4.69, 9.17) is 0 Å². The highest BCUT2D eigenvalue weighted by Gasteiger charge is 2.07. The summed E-state index contributed by atoms with van der Waals surface area (Å²) in [5.41, 5.74) is 2.71. The molecule has 0 bridgehead atoms. The molecule has 0 aliphatic heterocycles. The number of aromatic nitrogens is 2. The van der Waals surface area contributed by atoms with Gasteiger partial charge < -0.3 is 9.88 Å². The van der Waals surface area contributed by atoms with Crippen molar-refractivity contribution in [1.29, 1.82) is 0 Å². The molecule has 0 saturated heterocycles. The Morgan fingerprint density at radius 1 is 1.33 bits per heavy atom. The average molecular weight is 243 g/mol. The van der Waals surface area contributed by atoms with Crippen molar-refractivity contribution in [2.24, 2.45) is 7.05 Å². The fraction of sp³-hybridized carbons (Fsp3) is 0.400. The first kappa shape index (κ1) is 12.8. The minimum absolute atomic E-state index is 0.381. The van der Waals surface area contributed by atoms with Gasteiger partial charge in [-0.2, -0.15) is 0 Å². The monoisotopic (exact) mass is 243 g/mol. The van der Waals surface area contributed by atoms with Crippen LogP contribution >= 0.6 is 0 Å². The summed E-state index contributed by atoms with van der Waals surface area (Å²) in [6.07, 6.45) is 4.79. The molecule has 0 unspecified atom stereocenters. The molecule has 0 radical (unpaired) electrons. The van der Waals surface area contributed by atoms with Gasteiger partial charge in [-0.25, -0.2) is 4.98 Å². The maximum absolute atomic E-state index is 4.33. The maximum Gasteiger partial charge on any atom is 0.109 e. The zero-order valence-corrected chi connectivity index (χ0v) is 11.4. The molecule has 2 rings (SSSR count). The van der Waals surface area contributed by atoms with Gasteiger partial charge in [0.1, 0.15) is 5.82 Å². The summed E-state index contributed by atoms with van der Waals surface area (Å²) >= 11 is 0. The van der Waals surface area contributed by atoms with Gasteiger partial charge in [0, 0.05) is 38.4 Å². The summed E-state index contributed by atoms with van der Waals surface area (Å²) in [5, 5.41) is 3.55. The minimum Gasteiger partial charge on any atom is -0.338 e. The van der Waals surface area contributed by atoms with Gasteiger partial charge in [0.25, 0.3) is 0 Å². The number of benzene rings is 1. The SMILES string of the molecule is Cc1ccccc1[C@@H](C)NCCc1nccn1C. The molecule has 3 nitrogen and oxygen atoms in total. The van der Waals surface area contributed by atoms with Crippen LogP contribution in [0.2, 0.25) is 0 Å². The van der Waals surface area contributed by atoms with E-state index in [0.29, 0.717) is 6.04 Å². The minimum atomic E-state index is 0.381. The van der Waals surface area contributed by atoms with E-state index in [0.717, 1.165) is 18.8 Å². The fourth-order valence-corrected chi connectivity index (χ4v) is 2.22. The summed E-state index contributed by atoms with van der Waals surface area (Å²) in [6, 6.07) is 8.91. The Hall–Kier alpha value is -1.61. The highest BCUT2D eigenvalue weighted by atomic mass is 15.0. The van der Waals surface area contributed by atoms with Crippen molar-refractivity contribution in [2.45, 2.75) is 26.3 Å². The van der Waals surface area contributed by atoms with Crippen molar-refractivity contribution in [3.8, 4) is 0 Å². The number of rotatable bonds is 5. The standard InChI is InChI=1S/C15H21N3/c1-12-6-4-5-7-14(12)13(2)16-9-8-15-17-10-11-18(15)3/h4-7,10-11,13,16H,8-9H2,1-3H3/t13-/m1/s1. The normalized spacial score (nSPS) is 12.6. The summed E-state index contributed by atoms with van der Waals surface area (Å²) < 4.78 is 2.07. The van der Waals surface area contributed by atoms with E-state index in [1.807, 2.05) is 19.4 Å². The smallest absolute Gasteiger partial charge is 0.109 e. The highest BCUT2D eigenvalue weighted by Crippen LogP contribution is 2.16. The second-order valence-electron chi connectivity index (χ2n) is 4.74. The molecule has 0 fully saturated rings. The highest BCUT2D eigenvalue weighted by molar-refractivity contribution is 5.28. The second kappa shape index (κ2) is 5.83. The molecule has 1 atom stereocenters. The quantitative estimate of drug-likeness (QED) is 0.875. The van der Waals surface area contributed by atoms with Crippen molar-refractivity contribution in [2.75, 3.05) is 6.54 Å². The van der Waals surface area contributed by atoms with Crippen molar-refractivity contribution in [3.05, 3.63) is 53.6 Å². The Bertz CT molecular complexity index is 502. The van der Waals surface area contributed by atoms with Gasteiger partial charge in [0.05, 0.1) is 0 Å². The predicted octanol–water partition coefficient (Wildman–Crippen LogP) is 2.62. The molecule has 0 spiro atoms. The first-order chi connectivity index (χ1) is 8.68. The topological polar surface area (TPSA) is 29.9 Å². The molecule has 1 aromatic heterocycles. The van der Waals surface area contributed by atoms with Crippen LogP contribution in [0.15, 0.2) is 36.7 Å². The van der Waals surface area contributed by atoms with Gasteiger partial charge in [-0.3, -0.25) is 0 Å². The zero-order chi connectivity index (χ0) is 13.0. The van der Waals surface area contributed by atoms with E-state index < -0.39 is 0 Å². The molecule has 1 aromatic carbocycles.